The maximum absolute atomic E-state index is 3.66. The quantitative estimate of drug-likeness (QED) is 0.826. The Morgan fingerprint density at radius 1 is 0.950 bits per heavy atom. The highest BCUT2D eigenvalue weighted by molar-refractivity contribution is 5.52. The summed E-state index contributed by atoms with van der Waals surface area (Å²) < 4.78 is 0. The lowest BCUT2D eigenvalue weighted by Crippen LogP contribution is -2.08. The van der Waals surface area contributed by atoms with Crippen molar-refractivity contribution >= 4 is 5.69 Å². The van der Waals surface area contributed by atoms with Crippen LogP contribution in [0.25, 0.3) is 0 Å². The standard InChI is InChI=1S/C19H23N/c1-13-7-8-14(2)19(11-13)15(3)20-18-10-9-16-5-4-6-17(16)12-18/h7-12,15,20H,4-6H2,1-3H3. The normalized spacial score (nSPS) is 14.9. The summed E-state index contributed by atoms with van der Waals surface area (Å²) in [6.07, 6.45) is 3.80. The number of rotatable bonds is 3. The molecule has 1 heteroatoms. The minimum Gasteiger partial charge on any atom is -0.379 e. The van der Waals surface area contributed by atoms with Gasteiger partial charge in [0.15, 0.2) is 0 Å². The molecule has 0 aliphatic heterocycles. The monoisotopic (exact) mass is 265 g/mol. The van der Waals surface area contributed by atoms with Gasteiger partial charge in [0.05, 0.1) is 0 Å². The largest absolute Gasteiger partial charge is 0.379 e. The Morgan fingerprint density at radius 2 is 1.75 bits per heavy atom. The van der Waals surface area contributed by atoms with E-state index < -0.39 is 0 Å². The third-order valence-corrected chi connectivity index (χ3v) is 4.38. The number of fused-ring (bicyclic) bond motifs is 1. The van der Waals surface area contributed by atoms with E-state index in [1.54, 1.807) is 0 Å². The maximum atomic E-state index is 3.66. The second-order valence-corrected chi connectivity index (χ2v) is 6.06. The molecule has 0 amide bonds. The van der Waals surface area contributed by atoms with Gasteiger partial charge in [-0.05, 0) is 74.4 Å². The first-order valence-corrected chi connectivity index (χ1v) is 7.59. The minimum absolute atomic E-state index is 0.342. The van der Waals surface area contributed by atoms with E-state index in [1.807, 2.05) is 0 Å². The Morgan fingerprint density at radius 3 is 2.60 bits per heavy atom. The third-order valence-electron chi connectivity index (χ3n) is 4.38. The smallest absolute Gasteiger partial charge is 0.0488 e. The Hall–Kier alpha value is -1.76. The minimum atomic E-state index is 0.342. The average molecular weight is 265 g/mol. The molecule has 2 aromatic rings. The summed E-state index contributed by atoms with van der Waals surface area (Å²) in [5.41, 5.74) is 8.40. The Bertz CT molecular complexity index is 628. The molecule has 0 radical (unpaired) electrons. The zero-order valence-electron chi connectivity index (χ0n) is 12.7. The van der Waals surface area contributed by atoms with Gasteiger partial charge in [-0.3, -0.25) is 0 Å². The molecule has 1 N–H and O–H groups in total. The highest BCUT2D eigenvalue weighted by Crippen LogP contribution is 2.28. The number of hydrogen-bond acceptors (Lipinski definition) is 1. The predicted octanol–water partition coefficient (Wildman–Crippen LogP) is 4.97. The van der Waals surface area contributed by atoms with Gasteiger partial charge >= 0.3 is 0 Å². The molecule has 1 nitrogen and oxygen atoms in total. The highest BCUT2D eigenvalue weighted by Gasteiger charge is 2.13. The van der Waals surface area contributed by atoms with Crippen molar-refractivity contribution in [3.8, 4) is 0 Å². The van der Waals surface area contributed by atoms with Gasteiger partial charge in [0, 0.05) is 11.7 Å². The summed E-state index contributed by atoms with van der Waals surface area (Å²) in [6, 6.07) is 13.9. The maximum Gasteiger partial charge on any atom is 0.0488 e. The molecule has 0 fully saturated rings. The molecule has 104 valence electrons. The SMILES string of the molecule is Cc1ccc(C)c(C(C)Nc2ccc3c(c2)CCC3)c1. The van der Waals surface area contributed by atoms with Crippen LogP contribution in [0.4, 0.5) is 5.69 Å². The first-order valence-electron chi connectivity index (χ1n) is 7.59. The molecular formula is C19H23N. The van der Waals surface area contributed by atoms with E-state index in [0.29, 0.717) is 6.04 Å². The van der Waals surface area contributed by atoms with Crippen molar-refractivity contribution in [2.45, 2.75) is 46.1 Å². The van der Waals surface area contributed by atoms with Gasteiger partial charge in [0.2, 0.25) is 0 Å². The van der Waals surface area contributed by atoms with Crippen molar-refractivity contribution in [2.24, 2.45) is 0 Å². The van der Waals surface area contributed by atoms with Crippen molar-refractivity contribution in [2.75, 3.05) is 5.32 Å². The second kappa shape index (κ2) is 5.32. The summed E-state index contributed by atoms with van der Waals surface area (Å²) in [5, 5.41) is 3.66. The van der Waals surface area contributed by atoms with Gasteiger partial charge < -0.3 is 5.32 Å². The Kier molecular flexibility index (Phi) is 3.52. The van der Waals surface area contributed by atoms with E-state index >= 15 is 0 Å². The lowest BCUT2D eigenvalue weighted by molar-refractivity contribution is 0.871. The van der Waals surface area contributed by atoms with Crippen LogP contribution in [0.5, 0.6) is 0 Å². The van der Waals surface area contributed by atoms with Crippen LogP contribution < -0.4 is 5.32 Å². The highest BCUT2D eigenvalue weighted by atomic mass is 14.9. The summed E-state index contributed by atoms with van der Waals surface area (Å²) in [7, 11) is 0. The molecule has 1 atom stereocenters. The molecule has 1 aliphatic carbocycles. The van der Waals surface area contributed by atoms with E-state index in [2.05, 4.69) is 62.5 Å². The molecule has 1 unspecified atom stereocenters. The van der Waals surface area contributed by atoms with Crippen LogP contribution in [-0.4, -0.2) is 0 Å². The van der Waals surface area contributed by atoms with Crippen LogP contribution in [0, 0.1) is 13.8 Å². The lowest BCUT2D eigenvalue weighted by Gasteiger charge is -2.19. The summed E-state index contributed by atoms with van der Waals surface area (Å²) >= 11 is 0. The molecule has 0 saturated heterocycles. The first kappa shape index (κ1) is 13.2. The van der Waals surface area contributed by atoms with Crippen molar-refractivity contribution < 1.29 is 0 Å². The van der Waals surface area contributed by atoms with Crippen molar-refractivity contribution in [3.05, 3.63) is 64.2 Å². The van der Waals surface area contributed by atoms with Crippen molar-refractivity contribution in [3.63, 3.8) is 0 Å². The Balaban J connectivity index is 1.82. The van der Waals surface area contributed by atoms with E-state index in [4.69, 9.17) is 0 Å². The fourth-order valence-corrected chi connectivity index (χ4v) is 3.22. The number of benzene rings is 2. The summed E-state index contributed by atoms with van der Waals surface area (Å²) in [5.74, 6) is 0. The van der Waals surface area contributed by atoms with Crippen molar-refractivity contribution in [1.82, 2.24) is 0 Å². The van der Waals surface area contributed by atoms with Crippen LogP contribution in [0.2, 0.25) is 0 Å². The third kappa shape index (κ3) is 2.58. The molecule has 3 rings (SSSR count). The van der Waals surface area contributed by atoms with Gasteiger partial charge in [-0.25, -0.2) is 0 Å². The topological polar surface area (TPSA) is 12.0 Å². The first-order chi connectivity index (χ1) is 9.63. The fourth-order valence-electron chi connectivity index (χ4n) is 3.22. The number of hydrogen-bond donors (Lipinski definition) is 1. The second-order valence-electron chi connectivity index (χ2n) is 6.06. The Labute approximate surface area is 122 Å². The van der Waals surface area contributed by atoms with Crippen LogP contribution in [-0.2, 0) is 12.8 Å². The van der Waals surface area contributed by atoms with Crippen LogP contribution in [0.15, 0.2) is 36.4 Å². The molecule has 0 saturated carbocycles. The van der Waals surface area contributed by atoms with Crippen LogP contribution >= 0.6 is 0 Å². The molecule has 1 aliphatic rings. The van der Waals surface area contributed by atoms with Crippen LogP contribution in [0.3, 0.4) is 0 Å². The van der Waals surface area contributed by atoms with Gasteiger partial charge in [-0.15, -0.1) is 0 Å². The zero-order valence-corrected chi connectivity index (χ0v) is 12.7. The summed E-state index contributed by atoms with van der Waals surface area (Å²) in [4.78, 5) is 0. The average Bonchev–Trinajstić information content (AvgIpc) is 2.89. The zero-order chi connectivity index (χ0) is 14.1. The van der Waals surface area contributed by atoms with Gasteiger partial charge in [0.1, 0.15) is 0 Å². The molecular weight excluding hydrogens is 242 g/mol. The summed E-state index contributed by atoms with van der Waals surface area (Å²) in [6.45, 7) is 6.59. The molecule has 0 bridgehead atoms. The molecule has 2 aromatic carbocycles. The van der Waals surface area contributed by atoms with E-state index in [9.17, 15) is 0 Å². The number of anilines is 1. The number of aryl methyl sites for hydroxylation is 4. The molecule has 0 spiro atoms. The van der Waals surface area contributed by atoms with Gasteiger partial charge in [-0.1, -0.05) is 29.8 Å². The predicted molar refractivity (Wildman–Crippen MR) is 86.4 cm³/mol. The van der Waals surface area contributed by atoms with E-state index in [0.717, 1.165) is 0 Å². The van der Waals surface area contributed by atoms with E-state index in [-0.39, 0.29) is 0 Å². The molecule has 0 heterocycles. The number of nitrogens with one attached hydrogen (secondary N) is 1. The lowest BCUT2D eigenvalue weighted by atomic mass is 9.99. The van der Waals surface area contributed by atoms with E-state index in [1.165, 1.54) is 52.8 Å². The molecule has 0 aromatic heterocycles. The fraction of sp³-hybridized carbons (Fsp3) is 0.368. The van der Waals surface area contributed by atoms with Gasteiger partial charge in [0.25, 0.3) is 0 Å². The van der Waals surface area contributed by atoms with Gasteiger partial charge in [-0.2, -0.15) is 0 Å². The van der Waals surface area contributed by atoms with Crippen LogP contribution in [0.1, 0.15) is 47.2 Å². The molecule has 20 heavy (non-hydrogen) atoms. The van der Waals surface area contributed by atoms with Crippen molar-refractivity contribution in [1.29, 1.82) is 0 Å².